The number of carbonyl (C=O) groups is 1. The van der Waals surface area contributed by atoms with E-state index < -0.39 is 12.1 Å². The van der Waals surface area contributed by atoms with Gasteiger partial charge in [-0.15, -0.1) is 0 Å². The molecule has 22 heavy (non-hydrogen) atoms. The summed E-state index contributed by atoms with van der Waals surface area (Å²) < 4.78 is 13.3. The summed E-state index contributed by atoms with van der Waals surface area (Å²) in [5.74, 6) is -0.428. The fraction of sp³-hybridized carbons (Fsp3) is 0.125. The molecule has 1 amide bonds. The lowest BCUT2D eigenvalue weighted by molar-refractivity contribution is 0.0961. The van der Waals surface area contributed by atoms with Crippen LogP contribution in [0.25, 0.3) is 11.3 Å². The summed E-state index contributed by atoms with van der Waals surface area (Å²) in [4.78, 5) is 24.5. The molecular weight excluding hydrogens is 283 g/mol. The van der Waals surface area contributed by atoms with Crippen molar-refractivity contribution in [3.8, 4) is 11.3 Å². The fourth-order valence-electron chi connectivity index (χ4n) is 2.05. The average Bonchev–Trinajstić information content (AvgIpc) is 2.56. The first kappa shape index (κ1) is 14.1. The molecule has 1 N–H and O–H groups in total. The van der Waals surface area contributed by atoms with Crippen molar-refractivity contribution in [3.63, 3.8) is 0 Å². The first-order valence-corrected chi connectivity index (χ1v) is 6.78. The molecule has 0 fully saturated rings. The SMILES string of the molecule is O=C(NC1=CC(F)CC=C1)c1cncc(-c2cccnc2)n1. The molecule has 0 saturated heterocycles. The van der Waals surface area contributed by atoms with E-state index in [1.165, 1.54) is 12.3 Å². The Kier molecular flexibility index (Phi) is 4.00. The molecule has 1 unspecified atom stereocenters. The van der Waals surface area contributed by atoms with Gasteiger partial charge >= 0.3 is 0 Å². The van der Waals surface area contributed by atoms with Crippen LogP contribution in [0.5, 0.6) is 0 Å². The molecule has 2 aromatic rings. The predicted molar refractivity (Wildman–Crippen MR) is 79.5 cm³/mol. The van der Waals surface area contributed by atoms with Crippen LogP contribution < -0.4 is 5.32 Å². The Balaban J connectivity index is 1.80. The van der Waals surface area contributed by atoms with E-state index in [-0.39, 0.29) is 5.69 Å². The van der Waals surface area contributed by atoms with Gasteiger partial charge in [-0.25, -0.2) is 9.37 Å². The van der Waals surface area contributed by atoms with E-state index >= 15 is 0 Å². The van der Waals surface area contributed by atoms with E-state index in [1.54, 1.807) is 36.8 Å². The molecule has 6 heteroatoms. The number of amides is 1. The normalized spacial score (nSPS) is 17.0. The van der Waals surface area contributed by atoms with E-state index in [2.05, 4.69) is 20.3 Å². The number of pyridine rings is 1. The number of alkyl halides is 1. The summed E-state index contributed by atoms with van der Waals surface area (Å²) in [7, 11) is 0. The number of carbonyl (C=O) groups excluding carboxylic acids is 1. The van der Waals surface area contributed by atoms with Crippen molar-refractivity contribution in [2.75, 3.05) is 0 Å². The molecule has 0 bridgehead atoms. The number of nitrogens with zero attached hydrogens (tertiary/aromatic N) is 3. The molecule has 110 valence electrons. The third-order valence-corrected chi connectivity index (χ3v) is 3.10. The van der Waals surface area contributed by atoms with Gasteiger partial charge < -0.3 is 5.32 Å². The Morgan fingerprint density at radius 3 is 2.95 bits per heavy atom. The summed E-state index contributed by atoms with van der Waals surface area (Å²) in [5, 5.41) is 2.62. The predicted octanol–water partition coefficient (Wildman–Crippen LogP) is 2.45. The maximum Gasteiger partial charge on any atom is 0.275 e. The first-order valence-electron chi connectivity index (χ1n) is 6.78. The maximum atomic E-state index is 13.3. The van der Waals surface area contributed by atoms with E-state index in [0.29, 0.717) is 17.8 Å². The van der Waals surface area contributed by atoms with Crippen LogP contribution in [0.1, 0.15) is 16.9 Å². The largest absolute Gasteiger partial charge is 0.321 e. The Hall–Kier alpha value is -2.89. The van der Waals surface area contributed by atoms with Crippen LogP contribution in [0.4, 0.5) is 4.39 Å². The molecule has 5 nitrogen and oxygen atoms in total. The Labute approximate surface area is 126 Å². The summed E-state index contributed by atoms with van der Waals surface area (Å²) >= 11 is 0. The number of hydrogen-bond acceptors (Lipinski definition) is 4. The monoisotopic (exact) mass is 296 g/mol. The van der Waals surface area contributed by atoms with Crippen LogP contribution in [0, 0.1) is 0 Å². The number of aromatic nitrogens is 3. The van der Waals surface area contributed by atoms with Crippen molar-refractivity contribution in [2.24, 2.45) is 0 Å². The number of nitrogens with one attached hydrogen (secondary N) is 1. The van der Waals surface area contributed by atoms with Crippen molar-refractivity contribution in [1.29, 1.82) is 0 Å². The van der Waals surface area contributed by atoms with Gasteiger partial charge in [0.05, 0.1) is 18.1 Å². The minimum absolute atomic E-state index is 0.164. The first-order chi connectivity index (χ1) is 10.7. The van der Waals surface area contributed by atoms with Gasteiger partial charge in [0, 0.05) is 30.1 Å². The molecule has 0 aromatic carbocycles. The Morgan fingerprint density at radius 2 is 2.18 bits per heavy atom. The van der Waals surface area contributed by atoms with Crippen molar-refractivity contribution in [3.05, 3.63) is 66.5 Å². The molecule has 1 aliphatic carbocycles. The lowest BCUT2D eigenvalue weighted by Crippen LogP contribution is -2.25. The maximum absolute atomic E-state index is 13.3. The molecule has 0 saturated carbocycles. The summed E-state index contributed by atoms with van der Waals surface area (Å²) in [5.41, 5.74) is 1.91. The highest BCUT2D eigenvalue weighted by Crippen LogP contribution is 2.15. The van der Waals surface area contributed by atoms with Crippen LogP contribution in [-0.4, -0.2) is 27.0 Å². The van der Waals surface area contributed by atoms with Gasteiger partial charge in [0.1, 0.15) is 11.9 Å². The Bertz CT molecular complexity index is 743. The van der Waals surface area contributed by atoms with Crippen LogP contribution in [0.3, 0.4) is 0 Å². The highest BCUT2D eigenvalue weighted by molar-refractivity contribution is 5.93. The molecule has 1 atom stereocenters. The smallest absolute Gasteiger partial charge is 0.275 e. The van der Waals surface area contributed by atoms with Crippen LogP contribution in [0.2, 0.25) is 0 Å². The van der Waals surface area contributed by atoms with Crippen LogP contribution in [0.15, 0.2) is 60.8 Å². The van der Waals surface area contributed by atoms with Crippen LogP contribution >= 0.6 is 0 Å². The van der Waals surface area contributed by atoms with Crippen molar-refractivity contribution in [2.45, 2.75) is 12.6 Å². The van der Waals surface area contributed by atoms with Crippen molar-refractivity contribution in [1.82, 2.24) is 20.3 Å². The minimum Gasteiger partial charge on any atom is -0.321 e. The number of hydrogen-bond donors (Lipinski definition) is 1. The lowest BCUT2D eigenvalue weighted by atomic mass is 10.1. The van der Waals surface area contributed by atoms with Gasteiger partial charge in [0.2, 0.25) is 0 Å². The van der Waals surface area contributed by atoms with Gasteiger partial charge in [-0.2, -0.15) is 0 Å². The summed E-state index contributed by atoms with van der Waals surface area (Å²) in [6.45, 7) is 0. The topological polar surface area (TPSA) is 67.8 Å². The Morgan fingerprint density at radius 1 is 1.27 bits per heavy atom. The fourth-order valence-corrected chi connectivity index (χ4v) is 2.05. The number of rotatable bonds is 3. The second-order valence-corrected chi connectivity index (χ2v) is 4.76. The number of halogens is 1. The molecule has 2 aromatic heterocycles. The molecule has 2 heterocycles. The molecule has 0 aliphatic heterocycles. The second kappa shape index (κ2) is 6.26. The van der Waals surface area contributed by atoms with E-state index in [9.17, 15) is 9.18 Å². The van der Waals surface area contributed by atoms with Gasteiger partial charge in [-0.1, -0.05) is 6.08 Å². The zero-order valence-corrected chi connectivity index (χ0v) is 11.6. The van der Waals surface area contributed by atoms with Crippen molar-refractivity contribution < 1.29 is 9.18 Å². The molecule has 1 aliphatic rings. The summed E-state index contributed by atoms with van der Waals surface area (Å²) in [6.07, 6.45) is 10.2. The van der Waals surface area contributed by atoms with Gasteiger partial charge in [-0.05, 0) is 24.3 Å². The molecule has 0 spiro atoms. The average molecular weight is 296 g/mol. The molecular formula is C16H13FN4O. The number of allylic oxidation sites excluding steroid dienone is 3. The zero-order valence-electron chi connectivity index (χ0n) is 11.6. The van der Waals surface area contributed by atoms with Gasteiger partial charge in [0.15, 0.2) is 0 Å². The summed E-state index contributed by atoms with van der Waals surface area (Å²) in [6, 6.07) is 3.61. The van der Waals surface area contributed by atoms with Crippen LogP contribution in [-0.2, 0) is 0 Å². The molecule has 3 rings (SSSR count). The third kappa shape index (κ3) is 3.22. The van der Waals surface area contributed by atoms with E-state index in [0.717, 1.165) is 5.56 Å². The third-order valence-electron chi connectivity index (χ3n) is 3.10. The van der Waals surface area contributed by atoms with Crippen molar-refractivity contribution >= 4 is 5.91 Å². The van der Waals surface area contributed by atoms with E-state index in [1.807, 2.05) is 6.07 Å². The minimum atomic E-state index is -1.08. The van der Waals surface area contributed by atoms with E-state index in [4.69, 9.17) is 0 Å². The molecule has 0 radical (unpaired) electrons. The highest BCUT2D eigenvalue weighted by atomic mass is 19.1. The standard InChI is InChI=1S/C16H13FN4O/c17-12-4-1-5-13(7-12)20-16(22)15-10-19-9-14(21-15)11-3-2-6-18-8-11/h1-3,5-10,12H,4H2,(H,20,22). The lowest BCUT2D eigenvalue weighted by Gasteiger charge is -2.11. The quantitative estimate of drug-likeness (QED) is 0.944. The van der Waals surface area contributed by atoms with Gasteiger partial charge in [0.25, 0.3) is 5.91 Å². The second-order valence-electron chi connectivity index (χ2n) is 4.76. The zero-order chi connectivity index (χ0) is 15.4. The highest BCUT2D eigenvalue weighted by Gasteiger charge is 2.13. The van der Waals surface area contributed by atoms with Gasteiger partial charge in [-0.3, -0.25) is 14.8 Å².